The van der Waals surface area contributed by atoms with Gasteiger partial charge < -0.3 is 19.9 Å². The van der Waals surface area contributed by atoms with Crippen molar-refractivity contribution in [1.82, 2.24) is 0 Å². The second-order valence-corrected chi connectivity index (χ2v) is 9.13. The lowest BCUT2D eigenvalue weighted by Gasteiger charge is -2.26. The van der Waals surface area contributed by atoms with Crippen LogP contribution >= 0.6 is 0 Å². The van der Waals surface area contributed by atoms with Gasteiger partial charge in [0.1, 0.15) is 23.4 Å². The topological polar surface area (TPSA) is 105 Å². The van der Waals surface area contributed by atoms with Gasteiger partial charge in [-0.05, 0) is 66.6 Å². The van der Waals surface area contributed by atoms with Gasteiger partial charge >= 0.3 is 0 Å². The van der Waals surface area contributed by atoms with Crippen molar-refractivity contribution in [3.63, 3.8) is 0 Å². The molecular weight excluding hydrogens is 472 g/mol. The lowest BCUT2D eigenvalue weighted by molar-refractivity contribution is -0.132. The summed E-state index contributed by atoms with van der Waals surface area (Å²) in [6.07, 6.45) is 0.700. The van der Waals surface area contributed by atoms with E-state index < -0.39 is 17.7 Å². The lowest BCUT2D eigenvalue weighted by atomic mass is 9.94. The first-order valence-electron chi connectivity index (χ1n) is 11.9. The number of ketones is 1. The molecule has 2 aliphatic heterocycles. The molecule has 37 heavy (non-hydrogen) atoms. The molecular formula is C29H26N2O6. The van der Waals surface area contributed by atoms with Crippen LogP contribution in [-0.4, -0.2) is 35.9 Å². The molecule has 3 aromatic rings. The Morgan fingerprint density at radius 2 is 1.86 bits per heavy atom. The molecule has 0 saturated carbocycles. The zero-order valence-electron chi connectivity index (χ0n) is 20.6. The van der Waals surface area contributed by atoms with Crippen molar-refractivity contribution in [2.75, 3.05) is 17.3 Å². The Balaban J connectivity index is 1.68. The van der Waals surface area contributed by atoms with Gasteiger partial charge in [0.15, 0.2) is 0 Å². The summed E-state index contributed by atoms with van der Waals surface area (Å²) in [7, 11) is 1.53. The van der Waals surface area contributed by atoms with Gasteiger partial charge in [-0.2, -0.15) is 0 Å². The van der Waals surface area contributed by atoms with Crippen LogP contribution in [-0.2, 0) is 20.8 Å². The molecule has 1 saturated heterocycles. The normalized spacial score (nSPS) is 19.9. The molecule has 0 spiro atoms. The van der Waals surface area contributed by atoms with Crippen molar-refractivity contribution < 1.29 is 29.0 Å². The van der Waals surface area contributed by atoms with E-state index in [1.165, 1.54) is 18.9 Å². The SMILES string of the molecule is COc1cccc(C2/C(=C(/O)c3ccc4c(c3)CC(C)O4)C(=O)C(=O)N2c2cccc(NC(C)=O)c2)c1. The third kappa shape index (κ3) is 4.42. The number of benzene rings is 3. The summed E-state index contributed by atoms with van der Waals surface area (Å²) in [5, 5.41) is 14.2. The Morgan fingerprint density at radius 1 is 1.08 bits per heavy atom. The largest absolute Gasteiger partial charge is 0.507 e. The number of carbonyl (C=O) groups excluding carboxylic acids is 3. The van der Waals surface area contributed by atoms with E-state index in [-0.39, 0.29) is 23.3 Å². The Bertz CT molecular complexity index is 1460. The molecule has 5 rings (SSSR count). The second-order valence-electron chi connectivity index (χ2n) is 9.13. The van der Waals surface area contributed by atoms with Crippen molar-refractivity contribution >= 4 is 34.7 Å². The van der Waals surface area contributed by atoms with Gasteiger partial charge in [-0.15, -0.1) is 0 Å². The van der Waals surface area contributed by atoms with Crippen molar-refractivity contribution in [2.24, 2.45) is 0 Å². The highest BCUT2D eigenvalue weighted by Gasteiger charge is 2.47. The number of nitrogens with zero attached hydrogens (tertiary/aromatic N) is 1. The Labute approximate surface area is 214 Å². The number of anilines is 2. The predicted octanol–water partition coefficient (Wildman–Crippen LogP) is 4.60. The predicted molar refractivity (Wildman–Crippen MR) is 139 cm³/mol. The van der Waals surface area contributed by atoms with Crippen molar-refractivity contribution in [2.45, 2.75) is 32.4 Å². The van der Waals surface area contributed by atoms with Crippen LogP contribution in [0.3, 0.4) is 0 Å². The Hall–Kier alpha value is -4.59. The monoisotopic (exact) mass is 498 g/mol. The zero-order valence-corrected chi connectivity index (χ0v) is 20.6. The summed E-state index contributed by atoms with van der Waals surface area (Å²) in [4.78, 5) is 39.9. The molecule has 1 fully saturated rings. The van der Waals surface area contributed by atoms with Crippen LogP contribution in [0, 0.1) is 0 Å². The average Bonchev–Trinajstić information content (AvgIpc) is 3.38. The van der Waals surface area contributed by atoms with E-state index in [1.54, 1.807) is 66.7 Å². The van der Waals surface area contributed by atoms with E-state index in [0.717, 1.165) is 11.3 Å². The minimum Gasteiger partial charge on any atom is -0.507 e. The number of methoxy groups -OCH3 is 1. The number of carbonyl (C=O) groups is 3. The molecule has 188 valence electrons. The summed E-state index contributed by atoms with van der Waals surface area (Å²) >= 11 is 0. The third-order valence-corrected chi connectivity index (χ3v) is 6.47. The summed E-state index contributed by atoms with van der Waals surface area (Å²) < 4.78 is 11.1. The van der Waals surface area contributed by atoms with Gasteiger partial charge in [-0.3, -0.25) is 19.3 Å². The first-order valence-corrected chi connectivity index (χ1v) is 11.9. The molecule has 2 heterocycles. The summed E-state index contributed by atoms with van der Waals surface area (Å²) in [6, 6.07) is 18.0. The highest BCUT2D eigenvalue weighted by atomic mass is 16.5. The smallest absolute Gasteiger partial charge is 0.300 e. The number of hydrogen-bond donors (Lipinski definition) is 2. The maximum atomic E-state index is 13.5. The highest BCUT2D eigenvalue weighted by molar-refractivity contribution is 6.51. The van der Waals surface area contributed by atoms with E-state index >= 15 is 0 Å². The van der Waals surface area contributed by atoms with Crippen molar-refractivity contribution in [1.29, 1.82) is 0 Å². The summed E-state index contributed by atoms with van der Waals surface area (Å²) in [6.45, 7) is 3.35. The van der Waals surface area contributed by atoms with Crippen LogP contribution < -0.4 is 19.7 Å². The maximum Gasteiger partial charge on any atom is 0.300 e. The van der Waals surface area contributed by atoms with Crippen LogP contribution in [0.1, 0.15) is 36.6 Å². The molecule has 2 atom stereocenters. The molecule has 0 aromatic heterocycles. The highest BCUT2D eigenvalue weighted by Crippen LogP contribution is 2.44. The number of fused-ring (bicyclic) bond motifs is 1. The zero-order chi connectivity index (χ0) is 26.3. The standard InChI is InChI=1S/C29H26N2O6/c1-16-12-20-13-19(10-11-24(20)37-16)27(33)25-26(18-6-4-9-23(14-18)36-3)31(29(35)28(25)34)22-8-5-7-21(15-22)30-17(2)32/h4-11,13-16,26,33H,12H2,1-3H3,(H,30,32)/b27-25-. The number of nitrogens with one attached hydrogen (secondary N) is 1. The molecule has 2 unspecified atom stereocenters. The lowest BCUT2D eigenvalue weighted by Crippen LogP contribution is -2.29. The fraction of sp³-hybridized carbons (Fsp3) is 0.207. The number of Topliss-reactive ketones (excluding diaryl/α,β-unsaturated/α-hetero) is 1. The molecule has 8 heteroatoms. The van der Waals surface area contributed by atoms with Crippen LogP contribution in [0.15, 0.2) is 72.3 Å². The Kier molecular flexibility index (Phi) is 6.17. The molecule has 0 aliphatic carbocycles. The average molecular weight is 499 g/mol. The van der Waals surface area contributed by atoms with Gasteiger partial charge in [0.25, 0.3) is 11.7 Å². The molecule has 3 aromatic carbocycles. The molecule has 0 bridgehead atoms. The number of rotatable bonds is 5. The number of ether oxygens (including phenoxy) is 2. The van der Waals surface area contributed by atoms with E-state index in [2.05, 4.69) is 5.32 Å². The van der Waals surface area contributed by atoms with Gasteiger partial charge in [0.2, 0.25) is 5.91 Å². The fourth-order valence-corrected chi connectivity index (χ4v) is 4.89. The van der Waals surface area contributed by atoms with Gasteiger partial charge in [-0.1, -0.05) is 18.2 Å². The van der Waals surface area contributed by atoms with E-state index in [1.807, 2.05) is 6.92 Å². The number of aliphatic hydroxyl groups is 1. The maximum absolute atomic E-state index is 13.5. The summed E-state index contributed by atoms with van der Waals surface area (Å²) in [5.74, 6) is -0.845. The number of hydrogen-bond acceptors (Lipinski definition) is 6. The molecule has 0 radical (unpaired) electrons. The van der Waals surface area contributed by atoms with Crippen LogP contribution in [0.5, 0.6) is 11.5 Å². The fourth-order valence-electron chi connectivity index (χ4n) is 4.89. The van der Waals surface area contributed by atoms with Crippen molar-refractivity contribution in [3.8, 4) is 11.5 Å². The van der Waals surface area contributed by atoms with Crippen LogP contribution in [0.25, 0.3) is 5.76 Å². The Morgan fingerprint density at radius 3 is 2.62 bits per heavy atom. The first kappa shape index (κ1) is 24.1. The van der Waals surface area contributed by atoms with Gasteiger partial charge in [-0.25, -0.2) is 0 Å². The number of aliphatic hydroxyl groups excluding tert-OH is 1. The van der Waals surface area contributed by atoms with E-state index in [4.69, 9.17) is 9.47 Å². The molecule has 2 amide bonds. The minimum atomic E-state index is -0.925. The van der Waals surface area contributed by atoms with Gasteiger partial charge in [0.05, 0.1) is 18.7 Å². The third-order valence-electron chi connectivity index (χ3n) is 6.47. The van der Waals surface area contributed by atoms with Crippen LogP contribution in [0.4, 0.5) is 11.4 Å². The first-order chi connectivity index (χ1) is 17.8. The molecule has 8 nitrogen and oxygen atoms in total. The van der Waals surface area contributed by atoms with E-state index in [0.29, 0.717) is 34.7 Å². The minimum absolute atomic E-state index is 0.0191. The van der Waals surface area contributed by atoms with Crippen LogP contribution in [0.2, 0.25) is 0 Å². The molecule has 2 aliphatic rings. The summed E-state index contributed by atoms with van der Waals surface area (Å²) in [5.41, 5.74) is 2.78. The van der Waals surface area contributed by atoms with Gasteiger partial charge in [0, 0.05) is 30.3 Å². The number of amides is 2. The molecule has 2 N–H and O–H groups in total. The van der Waals surface area contributed by atoms with E-state index in [9.17, 15) is 19.5 Å². The quantitative estimate of drug-likeness (QED) is 0.303. The van der Waals surface area contributed by atoms with Crippen molar-refractivity contribution in [3.05, 3.63) is 89.0 Å². The second kappa shape index (κ2) is 9.46.